The topological polar surface area (TPSA) is 53.7 Å². The van der Waals surface area contributed by atoms with Crippen molar-refractivity contribution in [2.75, 3.05) is 6.54 Å². The zero-order chi connectivity index (χ0) is 14.9. The van der Waals surface area contributed by atoms with E-state index in [4.69, 9.17) is 4.42 Å². The van der Waals surface area contributed by atoms with E-state index < -0.39 is 11.6 Å². The third kappa shape index (κ3) is 3.26. The Hall–Kier alpha value is -1.24. The van der Waals surface area contributed by atoms with E-state index >= 15 is 0 Å². The zero-order valence-electron chi connectivity index (χ0n) is 11.8. The van der Waals surface area contributed by atoms with Crippen LogP contribution in [0.25, 0.3) is 11.0 Å². The molecule has 0 aliphatic rings. The summed E-state index contributed by atoms with van der Waals surface area (Å²) in [6.45, 7) is 6.16. The van der Waals surface area contributed by atoms with Crippen molar-refractivity contribution in [1.82, 2.24) is 4.90 Å². The van der Waals surface area contributed by atoms with Crippen LogP contribution in [-0.2, 0) is 6.42 Å². The van der Waals surface area contributed by atoms with Crippen molar-refractivity contribution >= 4 is 39.7 Å². The number of hydrogen-bond donors (Lipinski definition) is 1. The van der Waals surface area contributed by atoms with Crippen molar-refractivity contribution in [1.29, 1.82) is 0 Å². The van der Waals surface area contributed by atoms with Crippen molar-refractivity contribution in [3.8, 4) is 0 Å². The Bertz CT molecular complexity index is 628. The summed E-state index contributed by atoms with van der Waals surface area (Å²) in [6, 6.07) is 6.04. The highest BCUT2D eigenvalue weighted by molar-refractivity contribution is 14.1. The van der Waals surface area contributed by atoms with Crippen LogP contribution in [0, 0.1) is 3.57 Å². The van der Waals surface area contributed by atoms with Gasteiger partial charge in [-0.2, -0.15) is 0 Å². The molecule has 20 heavy (non-hydrogen) atoms. The summed E-state index contributed by atoms with van der Waals surface area (Å²) in [4.78, 5) is 12.8. The number of furan rings is 1. The normalized spacial score (nSPS) is 11.8. The van der Waals surface area contributed by atoms with Crippen LogP contribution in [0.3, 0.4) is 0 Å². The van der Waals surface area contributed by atoms with E-state index in [1.54, 1.807) is 6.26 Å². The van der Waals surface area contributed by atoms with Crippen molar-refractivity contribution in [3.05, 3.63) is 33.6 Å². The second-order valence-electron chi connectivity index (χ2n) is 5.76. The molecule has 0 spiro atoms. The van der Waals surface area contributed by atoms with Gasteiger partial charge in [0.25, 0.3) is 0 Å². The largest absolute Gasteiger partial charge is 0.465 e. The number of hydrogen-bond acceptors (Lipinski definition) is 2. The maximum absolute atomic E-state index is 11.3. The molecule has 108 valence electrons. The highest BCUT2D eigenvalue weighted by Crippen LogP contribution is 2.24. The van der Waals surface area contributed by atoms with Crippen molar-refractivity contribution < 1.29 is 14.3 Å². The first-order valence-electron chi connectivity index (χ1n) is 6.45. The zero-order valence-corrected chi connectivity index (χ0v) is 14.0. The Balaban J connectivity index is 2.18. The van der Waals surface area contributed by atoms with Gasteiger partial charge >= 0.3 is 6.09 Å². The van der Waals surface area contributed by atoms with Crippen LogP contribution in [0.15, 0.2) is 28.9 Å². The minimum atomic E-state index is -0.889. The van der Waals surface area contributed by atoms with Gasteiger partial charge < -0.3 is 14.4 Å². The van der Waals surface area contributed by atoms with E-state index in [1.165, 1.54) is 4.90 Å². The third-order valence-electron chi connectivity index (χ3n) is 3.26. The standard InChI is InChI=1S/C15H18INO3/c1-15(2,3)17(14(18)19)7-6-10-9-20-13-8-11(16)4-5-12(10)13/h4-5,8-9H,6-7H2,1-3H3,(H,18,19). The van der Waals surface area contributed by atoms with E-state index in [-0.39, 0.29) is 0 Å². The highest BCUT2D eigenvalue weighted by Gasteiger charge is 2.25. The molecule has 0 radical (unpaired) electrons. The fourth-order valence-corrected chi connectivity index (χ4v) is 2.66. The molecule has 1 amide bonds. The molecule has 5 heteroatoms. The van der Waals surface area contributed by atoms with E-state index in [2.05, 4.69) is 22.6 Å². The number of nitrogens with zero attached hydrogens (tertiary/aromatic N) is 1. The van der Waals surface area contributed by atoms with Crippen molar-refractivity contribution in [3.63, 3.8) is 0 Å². The van der Waals surface area contributed by atoms with Gasteiger partial charge in [0.1, 0.15) is 5.58 Å². The first-order valence-corrected chi connectivity index (χ1v) is 7.53. The van der Waals surface area contributed by atoms with Gasteiger partial charge in [0, 0.05) is 21.0 Å². The van der Waals surface area contributed by atoms with Crippen molar-refractivity contribution in [2.45, 2.75) is 32.7 Å². The van der Waals surface area contributed by atoms with E-state index in [0.717, 1.165) is 20.1 Å². The average molecular weight is 387 g/mol. The number of carbonyl (C=O) groups is 1. The smallest absolute Gasteiger partial charge is 0.407 e. The molecule has 4 nitrogen and oxygen atoms in total. The number of amides is 1. The molecule has 1 aromatic carbocycles. The summed E-state index contributed by atoms with van der Waals surface area (Å²) in [6.07, 6.45) is 1.49. The Morgan fingerprint density at radius 2 is 2.10 bits per heavy atom. The maximum atomic E-state index is 11.3. The predicted octanol–water partition coefficient (Wildman–Crippen LogP) is 4.36. The molecular weight excluding hydrogens is 369 g/mol. The number of fused-ring (bicyclic) bond motifs is 1. The molecule has 0 saturated heterocycles. The monoisotopic (exact) mass is 387 g/mol. The van der Waals surface area contributed by atoms with E-state index in [9.17, 15) is 9.90 Å². The molecule has 2 rings (SSSR count). The van der Waals surface area contributed by atoms with Crippen LogP contribution in [0.2, 0.25) is 0 Å². The molecule has 0 aliphatic carbocycles. The first kappa shape index (κ1) is 15.2. The van der Waals surface area contributed by atoms with Gasteiger partial charge in [-0.1, -0.05) is 0 Å². The van der Waals surface area contributed by atoms with Crippen LogP contribution >= 0.6 is 22.6 Å². The number of carboxylic acid groups (broad SMARTS) is 1. The van der Waals surface area contributed by atoms with Gasteiger partial charge in [-0.15, -0.1) is 0 Å². The second kappa shape index (κ2) is 5.63. The van der Waals surface area contributed by atoms with Crippen LogP contribution in [0.4, 0.5) is 4.79 Å². The molecule has 0 saturated carbocycles. The van der Waals surface area contributed by atoms with E-state index in [0.29, 0.717) is 13.0 Å². The van der Waals surface area contributed by atoms with Gasteiger partial charge in [-0.3, -0.25) is 0 Å². The average Bonchev–Trinajstić information content (AvgIpc) is 2.69. The van der Waals surface area contributed by atoms with Crippen molar-refractivity contribution in [2.24, 2.45) is 0 Å². The Labute approximate surface area is 131 Å². The fraction of sp³-hybridized carbons (Fsp3) is 0.400. The Morgan fingerprint density at radius 1 is 1.40 bits per heavy atom. The van der Waals surface area contributed by atoms with Crippen LogP contribution in [0.5, 0.6) is 0 Å². The molecule has 2 aromatic rings. The molecule has 0 bridgehead atoms. The predicted molar refractivity (Wildman–Crippen MR) is 87.1 cm³/mol. The summed E-state index contributed by atoms with van der Waals surface area (Å²) in [5.74, 6) is 0. The first-order chi connectivity index (χ1) is 9.29. The summed E-state index contributed by atoms with van der Waals surface area (Å²) < 4.78 is 6.66. The molecule has 0 unspecified atom stereocenters. The van der Waals surface area contributed by atoms with Gasteiger partial charge in [0.15, 0.2) is 0 Å². The lowest BCUT2D eigenvalue weighted by Crippen LogP contribution is -2.45. The van der Waals surface area contributed by atoms with Crippen LogP contribution < -0.4 is 0 Å². The highest BCUT2D eigenvalue weighted by atomic mass is 127. The van der Waals surface area contributed by atoms with Crippen LogP contribution in [0.1, 0.15) is 26.3 Å². The summed E-state index contributed by atoms with van der Waals surface area (Å²) in [5.41, 5.74) is 1.50. The Kier molecular flexibility index (Phi) is 4.27. The second-order valence-corrected chi connectivity index (χ2v) is 7.00. The summed E-state index contributed by atoms with van der Waals surface area (Å²) >= 11 is 2.24. The maximum Gasteiger partial charge on any atom is 0.407 e. The quantitative estimate of drug-likeness (QED) is 0.797. The molecule has 0 fully saturated rings. The van der Waals surface area contributed by atoms with Gasteiger partial charge in [-0.05, 0) is 73.5 Å². The lowest BCUT2D eigenvalue weighted by molar-refractivity contribution is 0.101. The summed E-state index contributed by atoms with van der Waals surface area (Å²) in [5, 5.41) is 10.3. The minimum Gasteiger partial charge on any atom is -0.465 e. The number of rotatable bonds is 3. The summed E-state index contributed by atoms with van der Waals surface area (Å²) in [7, 11) is 0. The van der Waals surface area contributed by atoms with Gasteiger partial charge in [-0.25, -0.2) is 4.79 Å². The molecule has 0 aliphatic heterocycles. The minimum absolute atomic E-state index is 0.402. The van der Waals surface area contributed by atoms with Crippen LogP contribution in [-0.4, -0.2) is 28.2 Å². The molecular formula is C15H18INO3. The fourth-order valence-electron chi connectivity index (χ4n) is 2.20. The van der Waals surface area contributed by atoms with E-state index in [1.807, 2.05) is 39.0 Å². The lowest BCUT2D eigenvalue weighted by Gasteiger charge is -2.33. The Morgan fingerprint density at radius 3 is 2.70 bits per heavy atom. The SMILES string of the molecule is CC(C)(C)N(CCc1coc2cc(I)ccc12)C(=O)O. The van der Waals surface area contributed by atoms with Gasteiger partial charge in [0.05, 0.1) is 6.26 Å². The number of halogens is 1. The molecule has 1 aromatic heterocycles. The molecule has 0 atom stereocenters. The third-order valence-corrected chi connectivity index (χ3v) is 3.93. The van der Waals surface area contributed by atoms with Gasteiger partial charge in [0.2, 0.25) is 0 Å². The molecule has 1 N–H and O–H groups in total. The molecule has 1 heterocycles. The lowest BCUT2D eigenvalue weighted by atomic mass is 10.0. The number of benzene rings is 1.